The maximum absolute atomic E-state index is 12.7. The Bertz CT molecular complexity index is 682. The topological polar surface area (TPSA) is 82.9 Å². The predicted octanol–water partition coefficient (Wildman–Crippen LogP) is 2.56. The standard InChI is InChI=1S/C20H36N6O3/c1-20(2,3)29-19(28)24(6)13-16-8-7-9-25(14-16)18(27)22-17-12-21-26(15-17)11-10-23(4)5/h12,15-16H,7-11,13-14H2,1-6H3,(H,22,27). The van der Waals surface area contributed by atoms with Crippen molar-refractivity contribution in [3.05, 3.63) is 12.4 Å². The number of carbonyl (C=O) groups is 2. The number of likely N-dealkylation sites (N-methyl/N-ethyl adjacent to an activating group) is 1. The summed E-state index contributed by atoms with van der Waals surface area (Å²) in [6, 6.07) is -0.123. The molecule has 1 aliphatic rings. The van der Waals surface area contributed by atoms with E-state index in [1.165, 1.54) is 0 Å². The molecule has 1 saturated heterocycles. The second-order valence-electron chi connectivity index (χ2n) is 9.04. The average Bonchev–Trinajstić information content (AvgIpc) is 3.06. The van der Waals surface area contributed by atoms with Crippen LogP contribution in [-0.2, 0) is 11.3 Å². The molecule has 2 rings (SSSR count). The lowest BCUT2D eigenvalue weighted by molar-refractivity contribution is 0.0253. The second kappa shape index (κ2) is 9.96. The van der Waals surface area contributed by atoms with Gasteiger partial charge in [0.25, 0.3) is 0 Å². The summed E-state index contributed by atoms with van der Waals surface area (Å²) in [5, 5.41) is 7.22. The van der Waals surface area contributed by atoms with E-state index >= 15 is 0 Å². The van der Waals surface area contributed by atoms with Crippen molar-refractivity contribution in [2.45, 2.75) is 45.8 Å². The van der Waals surface area contributed by atoms with Gasteiger partial charge in [0.15, 0.2) is 0 Å². The van der Waals surface area contributed by atoms with Crippen molar-refractivity contribution >= 4 is 17.8 Å². The van der Waals surface area contributed by atoms with E-state index in [0.717, 1.165) is 25.9 Å². The van der Waals surface area contributed by atoms with E-state index in [0.29, 0.717) is 25.3 Å². The first-order valence-corrected chi connectivity index (χ1v) is 10.2. The summed E-state index contributed by atoms with van der Waals surface area (Å²) in [6.45, 7) is 9.12. The van der Waals surface area contributed by atoms with Crippen LogP contribution < -0.4 is 5.32 Å². The van der Waals surface area contributed by atoms with E-state index in [9.17, 15) is 9.59 Å². The molecule has 2 heterocycles. The van der Waals surface area contributed by atoms with E-state index in [4.69, 9.17) is 4.74 Å². The summed E-state index contributed by atoms with van der Waals surface area (Å²) < 4.78 is 7.24. The molecular formula is C20H36N6O3. The molecule has 3 amide bonds. The fraction of sp³-hybridized carbons (Fsp3) is 0.750. The van der Waals surface area contributed by atoms with Gasteiger partial charge in [0.05, 0.1) is 18.4 Å². The van der Waals surface area contributed by atoms with Crippen LogP contribution >= 0.6 is 0 Å². The number of amides is 3. The molecule has 29 heavy (non-hydrogen) atoms. The van der Waals surface area contributed by atoms with Crippen molar-refractivity contribution in [2.24, 2.45) is 5.92 Å². The molecule has 0 radical (unpaired) electrons. The van der Waals surface area contributed by atoms with Gasteiger partial charge in [-0.25, -0.2) is 9.59 Å². The van der Waals surface area contributed by atoms with Crippen molar-refractivity contribution in [3.63, 3.8) is 0 Å². The lowest BCUT2D eigenvalue weighted by Crippen LogP contribution is -2.46. The molecule has 1 aromatic heterocycles. The second-order valence-corrected chi connectivity index (χ2v) is 9.04. The van der Waals surface area contributed by atoms with Crippen LogP contribution in [0.15, 0.2) is 12.4 Å². The maximum Gasteiger partial charge on any atom is 0.410 e. The molecule has 1 unspecified atom stereocenters. The monoisotopic (exact) mass is 408 g/mol. The number of urea groups is 1. The van der Waals surface area contributed by atoms with Gasteiger partial charge in [0.1, 0.15) is 5.60 Å². The fourth-order valence-electron chi connectivity index (χ4n) is 3.26. The first-order valence-electron chi connectivity index (χ1n) is 10.2. The number of aromatic nitrogens is 2. The van der Waals surface area contributed by atoms with Gasteiger partial charge in [-0.15, -0.1) is 0 Å². The van der Waals surface area contributed by atoms with Crippen LogP contribution in [-0.4, -0.2) is 89.5 Å². The molecule has 9 heteroatoms. The maximum atomic E-state index is 12.7. The number of nitrogens with one attached hydrogen (secondary N) is 1. The number of nitrogens with zero attached hydrogens (tertiary/aromatic N) is 5. The third-order valence-corrected chi connectivity index (χ3v) is 4.70. The molecular weight excluding hydrogens is 372 g/mol. The number of hydrogen-bond acceptors (Lipinski definition) is 5. The van der Waals surface area contributed by atoms with Gasteiger partial charge in [-0.1, -0.05) is 0 Å². The van der Waals surface area contributed by atoms with Crippen LogP contribution in [0.4, 0.5) is 15.3 Å². The molecule has 164 valence electrons. The molecule has 0 aromatic carbocycles. The molecule has 1 fully saturated rings. The molecule has 0 aliphatic carbocycles. The third kappa shape index (κ3) is 7.92. The summed E-state index contributed by atoms with van der Waals surface area (Å²) in [7, 11) is 5.77. The minimum atomic E-state index is -0.513. The van der Waals surface area contributed by atoms with Crippen LogP contribution in [0, 0.1) is 5.92 Å². The number of likely N-dealkylation sites (tertiary alicyclic amines) is 1. The quantitative estimate of drug-likeness (QED) is 0.782. The van der Waals surface area contributed by atoms with Gasteiger partial charge < -0.3 is 24.8 Å². The Balaban J connectivity index is 1.83. The SMILES string of the molecule is CN(C)CCn1cc(NC(=O)N2CCCC(CN(C)C(=O)OC(C)(C)C)C2)cn1. The van der Waals surface area contributed by atoms with Crippen LogP contribution in [0.1, 0.15) is 33.6 Å². The number of piperidine rings is 1. The molecule has 1 aliphatic heterocycles. The van der Waals surface area contributed by atoms with Crippen molar-refractivity contribution in [2.75, 3.05) is 52.6 Å². The van der Waals surface area contributed by atoms with Crippen LogP contribution in [0.5, 0.6) is 0 Å². The van der Waals surface area contributed by atoms with Crippen LogP contribution in [0.2, 0.25) is 0 Å². The zero-order chi connectivity index (χ0) is 21.6. The van der Waals surface area contributed by atoms with E-state index in [-0.39, 0.29) is 18.0 Å². The Morgan fingerprint density at radius 3 is 2.69 bits per heavy atom. The van der Waals surface area contributed by atoms with Crippen LogP contribution in [0.3, 0.4) is 0 Å². The predicted molar refractivity (Wildman–Crippen MR) is 113 cm³/mol. The summed E-state index contributed by atoms with van der Waals surface area (Å²) in [6.07, 6.45) is 5.09. The van der Waals surface area contributed by atoms with Gasteiger partial charge in [0, 0.05) is 39.4 Å². The highest BCUT2D eigenvalue weighted by Gasteiger charge is 2.27. The van der Waals surface area contributed by atoms with Gasteiger partial charge in [0.2, 0.25) is 0 Å². The minimum Gasteiger partial charge on any atom is -0.444 e. The van der Waals surface area contributed by atoms with E-state index in [1.54, 1.807) is 18.1 Å². The highest BCUT2D eigenvalue weighted by atomic mass is 16.6. The van der Waals surface area contributed by atoms with E-state index in [2.05, 4.69) is 15.3 Å². The highest BCUT2D eigenvalue weighted by Crippen LogP contribution is 2.19. The summed E-state index contributed by atoms with van der Waals surface area (Å²) in [4.78, 5) is 30.3. The van der Waals surface area contributed by atoms with Gasteiger partial charge in [-0.05, 0) is 53.6 Å². The highest BCUT2D eigenvalue weighted by molar-refractivity contribution is 5.89. The van der Waals surface area contributed by atoms with Gasteiger partial charge in [-0.2, -0.15) is 5.10 Å². The van der Waals surface area contributed by atoms with Crippen molar-refractivity contribution in [1.82, 2.24) is 24.5 Å². The van der Waals surface area contributed by atoms with Gasteiger partial charge >= 0.3 is 12.1 Å². The number of ether oxygens (including phenoxy) is 1. The van der Waals surface area contributed by atoms with E-state index < -0.39 is 5.60 Å². The molecule has 1 aromatic rings. The Kier molecular flexibility index (Phi) is 7.89. The molecule has 1 atom stereocenters. The lowest BCUT2D eigenvalue weighted by Gasteiger charge is -2.35. The lowest BCUT2D eigenvalue weighted by atomic mass is 9.98. The van der Waals surface area contributed by atoms with Crippen LogP contribution in [0.25, 0.3) is 0 Å². The summed E-state index contributed by atoms with van der Waals surface area (Å²) in [5.74, 6) is 0.231. The minimum absolute atomic E-state index is 0.123. The number of hydrogen-bond donors (Lipinski definition) is 1. The molecule has 0 spiro atoms. The zero-order valence-electron chi connectivity index (χ0n) is 18.6. The summed E-state index contributed by atoms with van der Waals surface area (Å²) in [5.41, 5.74) is 0.183. The first-order chi connectivity index (χ1) is 13.5. The molecule has 1 N–H and O–H groups in total. The van der Waals surface area contributed by atoms with Crippen molar-refractivity contribution in [1.29, 1.82) is 0 Å². The number of carbonyl (C=O) groups excluding carboxylic acids is 2. The normalized spacial score (nSPS) is 17.3. The largest absolute Gasteiger partial charge is 0.444 e. The molecule has 0 saturated carbocycles. The Morgan fingerprint density at radius 1 is 1.31 bits per heavy atom. The van der Waals surface area contributed by atoms with E-state index in [1.807, 2.05) is 50.6 Å². The Labute approximate surface area is 174 Å². The molecule has 0 bridgehead atoms. The van der Waals surface area contributed by atoms with Crippen molar-refractivity contribution < 1.29 is 14.3 Å². The Hall–Kier alpha value is -2.29. The third-order valence-electron chi connectivity index (χ3n) is 4.70. The Morgan fingerprint density at radius 2 is 2.03 bits per heavy atom. The average molecular weight is 409 g/mol. The first kappa shape index (κ1) is 23.0. The summed E-state index contributed by atoms with van der Waals surface area (Å²) >= 11 is 0. The van der Waals surface area contributed by atoms with Crippen molar-refractivity contribution in [3.8, 4) is 0 Å². The van der Waals surface area contributed by atoms with Gasteiger partial charge in [-0.3, -0.25) is 4.68 Å². The molecule has 9 nitrogen and oxygen atoms in total. The fourth-order valence-corrected chi connectivity index (χ4v) is 3.26. The smallest absolute Gasteiger partial charge is 0.410 e. The zero-order valence-corrected chi connectivity index (χ0v) is 18.6. The number of anilines is 1. The number of rotatable bonds is 6.